The highest BCUT2D eigenvalue weighted by Crippen LogP contribution is 2.36. The number of benzene rings is 1. The van der Waals surface area contributed by atoms with E-state index < -0.39 is 0 Å². The first kappa shape index (κ1) is 13.7. The third kappa shape index (κ3) is 1.91. The molecule has 0 amide bonds. The Labute approximate surface area is 140 Å². The summed E-state index contributed by atoms with van der Waals surface area (Å²) in [6.07, 6.45) is 4.45. The average molecular weight is 338 g/mol. The summed E-state index contributed by atoms with van der Waals surface area (Å²) in [5, 5.41) is 15.1. The fraction of sp³-hybridized carbons (Fsp3) is 0.235. The summed E-state index contributed by atoms with van der Waals surface area (Å²) in [7, 11) is 0. The molecule has 24 heavy (non-hydrogen) atoms. The molecule has 4 aromatic rings. The number of hydrogen-bond donors (Lipinski definition) is 2. The topological polar surface area (TPSA) is 83.3 Å². The number of phenols is 1. The van der Waals surface area contributed by atoms with Crippen LogP contribution in [0.3, 0.4) is 0 Å². The second-order valence-corrected chi connectivity index (χ2v) is 7.17. The Morgan fingerprint density at radius 2 is 2.12 bits per heavy atom. The lowest BCUT2D eigenvalue weighted by Crippen LogP contribution is -2.17. The Morgan fingerprint density at radius 3 is 3.00 bits per heavy atom. The maximum atomic E-state index is 12.4. The SMILES string of the molecule is O=c1[nH]c2sc3c(c2c2nc(-c4cccc(O)c4)nn12)CCCC3. The van der Waals surface area contributed by atoms with Gasteiger partial charge in [0.05, 0.1) is 5.39 Å². The Hall–Kier alpha value is -2.67. The van der Waals surface area contributed by atoms with Gasteiger partial charge in [-0.1, -0.05) is 12.1 Å². The first-order valence-electron chi connectivity index (χ1n) is 7.93. The molecule has 7 heteroatoms. The quantitative estimate of drug-likeness (QED) is 0.559. The van der Waals surface area contributed by atoms with Crippen LogP contribution >= 0.6 is 11.3 Å². The molecule has 0 radical (unpaired) electrons. The molecule has 120 valence electrons. The molecule has 0 aliphatic heterocycles. The molecule has 0 spiro atoms. The number of aryl methyl sites for hydroxylation is 2. The summed E-state index contributed by atoms with van der Waals surface area (Å²) in [5.41, 5.74) is 2.31. The largest absolute Gasteiger partial charge is 0.508 e. The number of aromatic amines is 1. The van der Waals surface area contributed by atoms with Crippen molar-refractivity contribution >= 4 is 27.2 Å². The van der Waals surface area contributed by atoms with Crippen molar-refractivity contribution in [1.82, 2.24) is 19.6 Å². The summed E-state index contributed by atoms with van der Waals surface area (Å²) in [4.78, 5) is 22.2. The van der Waals surface area contributed by atoms with E-state index in [2.05, 4.69) is 15.1 Å². The zero-order valence-electron chi connectivity index (χ0n) is 12.7. The number of phenolic OH excluding ortho intramolecular Hbond substituents is 1. The van der Waals surface area contributed by atoms with Crippen molar-refractivity contribution in [3.63, 3.8) is 0 Å². The third-order valence-corrected chi connectivity index (χ3v) is 5.73. The lowest BCUT2D eigenvalue weighted by molar-refractivity contribution is 0.475. The molecule has 2 N–H and O–H groups in total. The van der Waals surface area contributed by atoms with Crippen molar-refractivity contribution in [3.05, 3.63) is 45.2 Å². The number of rotatable bonds is 1. The number of nitrogens with one attached hydrogen (secondary N) is 1. The minimum Gasteiger partial charge on any atom is -0.508 e. The van der Waals surface area contributed by atoms with Crippen molar-refractivity contribution in [1.29, 1.82) is 0 Å². The van der Waals surface area contributed by atoms with E-state index in [1.54, 1.807) is 29.5 Å². The van der Waals surface area contributed by atoms with E-state index in [1.807, 2.05) is 6.07 Å². The highest BCUT2D eigenvalue weighted by Gasteiger charge is 2.21. The molecule has 3 aromatic heterocycles. The highest BCUT2D eigenvalue weighted by molar-refractivity contribution is 7.19. The lowest BCUT2D eigenvalue weighted by atomic mass is 9.97. The van der Waals surface area contributed by atoms with Crippen molar-refractivity contribution in [2.75, 3.05) is 0 Å². The van der Waals surface area contributed by atoms with Gasteiger partial charge in [0.2, 0.25) is 0 Å². The van der Waals surface area contributed by atoms with Gasteiger partial charge in [-0.3, -0.25) is 4.98 Å². The summed E-state index contributed by atoms with van der Waals surface area (Å²) >= 11 is 1.66. The molecule has 0 unspecified atom stereocenters. The summed E-state index contributed by atoms with van der Waals surface area (Å²) in [5.74, 6) is 0.595. The van der Waals surface area contributed by atoms with E-state index >= 15 is 0 Å². The second kappa shape index (κ2) is 4.91. The van der Waals surface area contributed by atoms with Crippen molar-refractivity contribution < 1.29 is 5.11 Å². The Morgan fingerprint density at radius 1 is 1.25 bits per heavy atom. The van der Waals surface area contributed by atoms with E-state index in [1.165, 1.54) is 21.4 Å². The van der Waals surface area contributed by atoms with Gasteiger partial charge in [-0.2, -0.15) is 4.52 Å². The molecule has 1 aromatic carbocycles. The molecule has 0 saturated heterocycles. The zero-order chi connectivity index (χ0) is 16.3. The van der Waals surface area contributed by atoms with Crippen LogP contribution in [0.4, 0.5) is 0 Å². The summed E-state index contributed by atoms with van der Waals surface area (Å²) < 4.78 is 1.34. The molecule has 0 fully saturated rings. The smallest absolute Gasteiger partial charge is 0.349 e. The number of H-pyrrole nitrogens is 1. The highest BCUT2D eigenvalue weighted by atomic mass is 32.1. The maximum absolute atomic E-state index is 12.4. The Kier molecular flexibility index (Phi) is 2.81. The number of hydrogen-bond acceptors (Lipinski definition) is 5. The Bertz CT molecular complexity index is 1150. The fourth-order valence-corrected chi connectivity index (χ4v) is 4.70. The maximum Gasteiger partial charge on any atom is 0.349 e. The molecule has 5 rings (SSSR count). The van der Waals surface area contributed by atoms with E-state index in [-0.39, 0.29) is 11.4 Å². The molecule has 6 nitrogen and oxygen atoms in total. The van der Waals surface area contributed by atoms with Crippen LogP contribution in [0.15, 0.2) is 29.1 Å². The van der Waals surface area contributed by atoms with Crippen LogP contribution in [-0.2, 0) is 12.8 Å². The second-order valence-electron chi connectivity index (χ2n) is 6.07. The van der Waals surface area contributed by atoms with Gasteiger partial charge >= 0.3 is 5.69 Å². The third-order valence-electron chi connectivity index (χ3n) is 4.52. The normalized spacial score (nSPS) is 14.3. The number of aromatic hydroxyl groups is 1. The van der Waals surface area contributed by atoms with Crippen molar-refractivity contribution in [3.8, 4) is 17.1 Å². The lowest BCUT2D eigenvalue weighted by Gasteiger charge is -2.09. The molecule has 1 aliphatic carbocycles. The predicted octanol–water partition coefficient (Wildman–Crippen LogP) is 2.88. The van der Waals surface area contributed by atoms with E-state index in [4.69, 9.17) is 0 Å². The standard InChI is InChI=1S/C17H14N4O2S/c22-10-5-3-4-9(8-10)14-18-15-13-11-6-1-2-7-12(11)24-16(13)19-17(23)21(15)20-14/h3-5,8,22H,1-2,6-7H2,(H,19,23). The van der Waals surface area contributed by atoms with Crippen LogP contribution in [0, 0.1) is 0 Å². The van der Waals surface area contributed by atoms with Crippen LogP contribution in [0.5, 0.6) is 5.75 Å². The van der Waals surface area contributed by atoms with Gasteiger partial charge in [-0.25, -0.2) is 9.78 Å². The van der Waals surface area contributed by atoms with Crippen LogP contribution in [0.1, 0.15) is 23.3 Å². The minimum absolute atomic E-state index is 0.151. The average Bonchev–Trinajstić information content (AvgIpc) is 3.16. The zero-order valence-corrected chi connectivity index (χ0v) is 13.6. The van der Waals surface area contributed by atoms with Crippen LogP contribution in [-0.4, -0.2) is 24.7 Å². The van der Waals surface area contributed by atoms with E-state index in [9.17, 15) is 9.90 Å². The van der Waals surface area contributed by atoms with Crippen LogP contribution in [0.2, 0.25) is 0 Å². The predicted molar refractivity (Wildman–Crippen MR) is 92.7 cm³/mol. The van der Waals surface area contributed by atoms with Crippen molar-refractivity contribution in [2.45, 2.75) is 25.7 Å². The number of thiophene rings is 1. The van der Waals surface area contributed by atoms with Crippen LogP contribution < -0.4 is 5.69 Å². The first-order chi connectivity index (χ1) is 11.7. The molecule has 0 atom stereocenters. The van der Waals surface area contributed by atoms with E-state index in [0.717, 1.165) is 29.5 Å². The van der Waals surface area contributed by atoms with E-state index in [0.29, 0.717) is 17.0 Å². The fourth-order valence-electron chi connectivity index (χ4n) is 3.42. The molecule has 0 bridgehead atoms. The Balaban J connectivity index is 1.85. The molecule has 0 saturated carbocycles. The van der Waals surface area contributed by atoms with Gasteiger partial charge in [-0.05, 0) is 43.4 Å². The molecular formula is C17H14N4O2S. The van der Waals surface area contributed by atoms with Crippen molar-refractivity contribution in [2.24, 2.45) is 0 Å². The molecule has 3 heterocycles. The van der Waals surface area contributed by atoms with Gasteiger partial charge in [0.25, 0.3) is 0 Å². The monoisotopic (exact) mass is 338 g/mol. The van der Waals surface area contributed by atoms with Gasteiger partial charge in [0.1, 0.15) is 10.6 Å². The molecule has 1 aliphatic rings. The minimum atomic E-state index is -0.282. The van der Waals surface area contributed by atoms with Gasteiger partial charge < -0.3 is 5.11 Å². The number of aromatic nitrogens is 4. The van der Waals surface area contributed by atoms with Gasteiger partial charge in [0, 0.05) is 10.4 Å². The summed E-state index contributed by atoms with van der Waals surface area (Å²) in [6.45, 7) is 0. The van der Waals surface area contributed by atoms with Crippen LogP contribution in [0.25, 0.3) is 27.3 Å². The van der Waals surface area contributed by atoms with Gasteiger partial charge in [0.15, 0.2) is 11.5 Å². The number of nitrogens with zero attached hydrogens (tertiary/aromatic N) is 3. The van der Waals surface area contributed by atoms with Gasteiger partial charge in [-0.15, -0.1) is 16.4 Å². The molecular weight excluding hydrogens is 324 g/mol. The number of fused-ring (bicyclic) bond motifs is 5. The first-order valence-corrected chi connectivity index (χ1v) is 8.75. The summed E-state index contributed by atoms with van der Waals surface area (Å²) in [6, 6.07) is 6.76.